The van der Waals surface area contributed by atoms with Crippen molar-refractivity contribution >= 4 is 46.4 Å². The van der Waals surface area contributed by atoms with Crippen LogP contribution in [0.5, 0.6) is 0 Å². The Bertz CT molecular complexity index is 1210. The van der Waals surface area contributed by atoms with Crippen molar-refractivity contribution in [3.63, 3.8) is 0 Å². The molecule has 0 aliphatic carbocycles. The van der Waals surface area contributed by atoms with Crippen LogP contribution in [0.1, 0.15) is 27.9 Å². The maximum Gasteiger partial charge on any atom is 0.259 e. The fourth-order valence-corrected chi connectivity index (χ4v) is 3.79. The van der Waals surface area contributed by atoms with Crippen LogP contribution in [-0.2, 0) is 9.59 Å². The summed E-state index contributed by atoms with van der Waals surface area (Å²) in [5.41, 5.74) is 4.24. The molecule has 1 atom stereocenters. The quantitative estimate of drug-likeness (QED) is 0.593. The molecule has 0 saturated heterocycles. The van der Waals surface area contributed by atoms with Crippen LogP contribution >= 0.6 is 11.6 Å². The van der Waals surface area contributed by atoms with Crippen molar-refractivity contribution in [1.82, 2.24) is 0 Å². The van der Waals surface area contributed by atoms with E-state index in [1.807, 2.05) is 32.0 Å². The summed E-state index contributed by atoms with van der Waals surface area (Å²) in [5, 5.41) is 6.14. The Hall–Kier alpha value is -3.64. The summed E-state index contributed by atoms with van der Waals surface area (Å²) in [5.74, 6) is -1.16. The summed E-state index contributed by atoms with van der Waals surface area (Å²) in [6.07, 6.45) is -0.188. The number of rotatable bonds is 4. The molecule has 162 valence electrons. The molecular formula is C25H22ClN3O3. The maximum absolute atomic E-state index is 13.4. The second-order valence-corrected chi connectivity index (χ2v) is 8.19. The van der Waals surface area contributed by atoms with Crippen molar-refractivity contribution in [1.29, 1.82) is 0 Å². The molecule has 0 radical (unpaired) electrons. The van der Waals surface area contributed by atoms with Crippen molar-refractivity contribution in [2.24, 2.45) is 0 Å². The van der Waals surface area contributed by atoms with Crippen LogP contribution in [0, 0.1) is 13.8 Å². The van der Waals surface area contributed by atoms with Crippen LogP contribution < -0.4 is 15.5 Å². The zero-order valence-corrected chi connectivity index (χ0v) is 18.4. The van der Waals surface area contributed by atoms with E-state index >= 15 is 0 Å². The first-order valence-electron chi connectivity index (χ1n) is 10.2. The molecule has 2 N–H and O–H groups in total. The predicted octanol–water partition coefficient (Wildman–Crippen LogP) is 4.95. The average Bonchev–Trinajstić information content (AvgIpc) is 2.77. The molecule has 0 unspecified atom stereocenters. The van der Waals surface area contributed by atoms with Crippen molar-refractivity contribution in [2.45, 2.75) is 26.3 Å². The number of amides is 3. The van der Waals surface area contributed by atoms with E-state index in [0.717, 1.165) is 11.1 Å². The molecule has 3 amide bonds. The van der Waals surface area contributed by atoms with E-state index in [1.54, 1.807) is 48.5 Å². The zero-order valence-electron chi connectivity index (χ0n) is 17.7. The van der Waals surface area contributed by atoms with E-state index in [-0.39, 0.29) is 18.2 Å². The maximum atomic E-state index is 13.4. The highest BCUT2D eigenvalue weighted by Gasteiger charge is 2.38. The van der Waals surface area contributed by atoms with Gasteiger partial charge in [-0.05, 0) is 73.5 Å². The number of carbonyl (C=O) groups excluding carboxylic acids is 3. The second-order valence-electron chi connectivity index (χ2n) is 7.76. The molecule has 32 heavy (non-hydrogen) atoms. The highest BCUT2D eigenvalue weighted by Crippen LogP contribution is 2.34. The number of hydrogen-bond donors (Lipinski definition) is 2. The molecule has 0 saturated carbocycles. The molecule has 1 heterocycles. The van der Waals surface area contributed by atoms with Crippen LogP contribution in [0.15, 0.2) is 66.7 Å². The number of anilines is 3. The molecule has 1 aliphatic heterocycles. The van der Waals surface area contributed by atoms with Gasteiger partial charge in [0, 0.05) is 16.3 Å². The SMILES string of the molecule is Cc1ccc(NC(=O)C[C@H]2C(=O)Nc3ccccc3N2C(=O)c2ccc(Cl)cc2)cc1C. The van der Waals surface area contributed by atoms with Gasteiger partial charge in [-0.25, -0.2) is 0 Å². The second kappa shape index (κ2) is 8.85. The summed E-state index contributed by atoms with van der Waals surface area (Å²) >= 11 is 5.96. The van der Waals surface area contributed by atoms with E-state index in [1.165, 1.54) is 4.90 Å². The highest BCUT2D eigenvalue weighted by atomic mass is 35.5. The molecular weight excluding hydrogens is 426 g/mol. The van der Waals surface area contributed by atoms with Crippen LogP contribution in [0.4, 0.5) is 17.1 Å². The van der Waals surface area contributed by atoms with Gasteiger partial charge in [0.1, 0.15) is 6.04 Å². The first kappa shape index (κ1) is 21.6. The molecule has 1 aliphatic rings. The Morgan fingerprint density at radius 2 is 1.72 bits per heavy atom. The van der Waals surface area contributed by atoms with Crippen molar-refractivity contribution in [3.05, 3.63) is 88.4 Å². The summed E-state index contributed by atoms with van der Waals surface area (Å²) in [6, 6.07) is 18.1. The number of carbonyl (C=O) groups is 3. The Morgan fingerprint density at radius 3 is 2.44 bits per heavy atom. The number of nitrogens with one attached hydrogen (secondary N) is 2. The van der Waals surface area contributed by atoms with Crippen LogP contribution in [0.2, 0.25) is 5.02 Å². The number of fused-ring (bicyclic) bond motifs is 1. The van der Waals surface area contributed by atoms with Crippen LogP contribution in [0.3, 0.4) is 0 Å². The van der Waals surface area contributed by atoms with Gasteiger partial charge in [-0.15, -0.1) is 0 Å². The normalized spacial score (nSPS) is 15.0. The van der Waals surface area contributed by atoms with Crippen LogP contribution in [-0.4, -0.2) is 23.8 Å². The third-order valence-electron chi connectivity index (χ3n) is 5.52. The Labute approximate surface area is 191 Å². The number of hydrogen-bond acceptors (Lipinski definition) is 3. The smallest absolute Gasteiger partial charge is 0.259 e. The molecule has 3 aromatic carbocycles. The number of aryl methyl sites for hydroxylation is 2. The summed E-state index contributed by atoms with van der Waals surface area (Å²) in [7, 11) is 0. The molecule has 0 bridgehead atoms. The molecule has 4 rings (SSSR count). The van der Waals surface area contributed by atoms with Gasteiger partial charge in [0.05, 0.1) is 17.8 Å². The van der Waals surface area contributed by atoms with E-state index in [2.05, 4.69) is 10.6 Å². The third-order valence-corrected chi connectivity index (χ3v) is 5.77. The molecule has 0 aromatic heterocycles. The Balaban J connectivity index is 1.64. The monoisotopic (exact) mass is 447 g/mol. The fraction of sp³-hybridized carbons (Fsp3) is 0.160. The van der Waals surface area contributed by atoms with Crippen LogP contribution in [0.25, 0.3) is 0 Å². The van der Waals surface area contributed by atoms with Crippen molar-refractivity contribution < 1.29 is 14.4 Å². The summed E-state index contributed by atoms with van der Waals surface area (Å²) in [4.78, 5) is 40.6. The number of benzene rings is 3. The van der Waals surface area contributed by atoms with Gasteiger partial charge in [-0.2, -0.15) is 0 Å². The van der Waals surface area contributed by atoms with Crippen molar-refractivity contribution in [3.8, 4) is 0 Å². The third kappa shape index (κ3) is 4.36. The Kier molecular flexibility index (Phi) is 5.97. The molecule has 0 spiro atoms. The fourth-order valence-electron chi connectivity index (χ4n) is 3.66. The predicted molar refractivity (Wildman–Crippen MR) is 126 cm³/mol. The lowest BCUT2D eigenvalue weighted by Gasteiger charge is -2.36. The van der Waals surface area contributed by atoms with Gasteiger partial charge < -0.3 is 10.6 Å². The lowest BCUT2D eigenvalue weighted by molar-refractivity contribution is -0.122. The molecule has 0 fully saturated rings. The largest absolute Gasteiger partial charge is 0.326 e. The number of halogens is 1. The first-order chi connectivity index (χ1) is 15.3. The van der Waals surface area contributed by atoms with Crippen molar-refractivity contribution in [2.75, 3.05) is 15.5 Å². The highest BCUT2D eigenvalue weighted by molar-refractivity contribution is 6.30. The summed E-state index contributed by atoms with van der Waals surface area (Å²) < 4.78 is 0. The Morgan fingerprint density at radius 1 is 1.00 bits per heavy atom. The minimum Gasteiger partial charge on any atom is -0.326 e. The molecule has 6 nitrogen and oxygen atoms in total. The molecule has 3 aromatic rings. The van der Waals surface area contributed by atoms with Gasteiger partial charge in [0.25, 0.3) is 5.91 Å². The average molecular weight is 448 g/mol. The number of nitrogens with zero attached hydrogens (tertiary/aromatic N) is 1. The standard InChI is InChI=1S/C25H22ClN3O3/c1-15-7-12-19(13-16(15)2)27-23(30)14-22-24(31)28-20-5-3-4-6-21(20)29(22)25(32)17-8-10-18(26)11-9-17/h3-13,22H,14H2,1-2H3,(H,27,30)(H,28,31)/t22-/m0/s1. The zero-order chi connectivity index (χ0) is 22.8. The first-order valence-corrected chi connectivity index (χ1v) is 10.6. The van der Waals surface area contributed by atoms with Gasteiger partial charge in [0.15, 0.2) is 0 Å². The van der Waals surface area contributed by atoms with E-state index in [0.29, 0.717) is 27.6 Å². The van der Waals surface area contributed by atoms with E-state index in [9.17, 15) is 14.4 Å². The lowest BCUT2D eigenvalue weighted by atomic mass is 10.0. The van der Waals surface area contributed by atoms with Gasteiger partial charge in [0.2, 0.25) is 11.8 Å². The minimum atomic E-state index is -1.00. The van der Waals surface area contributed by atoms with Gasteiger partial charge >= 0.3 is 0 Å². The van der Waals surface area contributed by atoms with E-state index < -0.39 is 11.9 Å². The van der Waals surface area contributed by atoms with Gasteiger partial charge in [-0.3, -0.25) is 19.3 Å². The lowest BCUT2D eigenvalue weighted by Crippen LogP contribution is -2.52. The molecule has 7 heteroatoms. The number of para-hydroxylation sites is 2. The van der Waals surface area contributed by atoms with Gasteiger partial charge in [-0.1, -0.05) is 29.8 Å². The summed E-state index contributed by atoms with van der Waals surface area (Å²) in [6.45, 7) is 3.95. The van der Waals surface area contributed by atoms with E-state index in [4.69, 9.17) is 11.6 Å². The topological polar surface area (TPSA) is 78.5 Å². The minimum absolute atomic E-state index is 0.188.